The zero-order valence-corrected chi connectivity index (χ0v) is 13.7. The molecule has 4 rings (SSSR count). The molecule has 0 saturated heterocycles. The van der Waals surface area contributed by atoms with Crippen LogP contribution >= 0.6 is 0 Å². The minimum Gasteiger partial charge on any atom is -0.496 e. The zero-order valence-electron chi connectivity index (χ0n) is 13.7. The fraction of sp³-hybridized carbons (Fsp3) is 0.188. The highest BCUT2D eigenvalue weighted by Crippen LogP contribution is 2.31. The molecule has 0 saturated carbocycles. The molecule has 0 bridgehead atoms. The van der Waals surface area contributed by atoms with Crippen LogP contribution in [0.15, 0.2) is 48.8 Å². The van der Waals surface area contributed by atoms with Crippen LogP contribution in [0.3, 0.4) is 0 Å². The predicted molar refractivity (Wildman–Crippen MR) is 90.2 cm³/mol. The maximum atomic E-state index is 5.52. The van der Waals surface area contributed by atoms with E-state index in [0.717, 1.165) is 17.1 Å². The first-order valence-electron chi connectivity index (χ1n) is 7.68. The molecular formula is C16H16N8O. The Bertz CT molecular complexity index is 1010. The number of rotatable bonds is 5. The van der Waals surface area contributed by atoms with Crippen molar-refractivity contribution in [3.8, 4) is 5.75 Å². The number of tetrazole rings is 1. The molecule has 1 N–H and O–H groups in total. The van der Waals surface area contributed by atoms with E-state index in [2.05, 4.69) is 30.9 Å². The first kappa shape index (κ1) is 15.1. The number of anilines is 1. The third-order valence-corrected chi connectivity index (χ3v) is 3.93. The van der Waals surface area contributed by atoms with Crippen molar-refractivity contribution in [2.45, 2.75) is 6.04 Å². The number of imidazole rings is 1. The first-order valence-corrected chi connectivity index (χ1v) is 7.68. The number of aryl methyl sites for hydroxylation is 1. The maximum Gasteiger partial charge on any atom is 0.200 e. The zero-order chi connectivity index (χ0) is 17.2. The Morgan fingerprint density at radius 3 is 2.84 bits per heavy atom. The standard InChI is InChI=1S/C16H16N8O/c1-23-10-9-17-16(23)15(11-5-3-4-6-12(11)25-2)18-13-7-8-14-19-21-22-24(14)20-13/h3-10,15H,1-2H3,(H,18,20)/t15-/m0/s1. The van der Waals surface area contributed by atoms with Crippen molar-refractivity contribution in [3.05, 3.63) is 60.2 Å². The van der Waals surface area contributed by atoms with E-state index < -0.39 is 0 Å². The number of hydrogen-bond donors (Lipinski definition) is 1. The molecule has 1 aromatic carbocycles. The van der Waals surface area contributed by atoms with Crippen LogP contribution in [0.1, 0.15) is 17.4 Å². The van der Waals surface area contributed by atoms with Crippen molar-refractivity contribution in [1.29, 1.82) is 0 Å². The van der Waals surface area contributed by atoms with Crippen LogP contribution in [-0.4, -0.2) is 41.9 Å². The summed E-state index contributed by atoms with van der Waals surface area (Å²) in [6.07, 6.45) is 3.66. The quantitative estimate of drug-likeness (QED) is 0.589. The molecular weight excluding hydrogens is 320 g/mol. The molecule has 0 unspecified atom stereocenters. The molecule has 0 aliphatic heterocycles. The van der Waals surface area contributed by atoms with Gasteiger partial charge in [0.1, 0.15) is 23.4 Å². The number of para-hydroxylation sites is 1. The number of nitrogens with zero attached hydrogens (tertiary/aromatic N) is 7. The van der Waals surface area contributed by atoms with Gasteiger partial charge in [0, 0.05) is 25.0 Å². The molecule has 0 amide bonds. The van der Waals surface area contributed by atoms with Crippen LogP contribution in [0.25, 0.3) is 5.65 Å². The Morgan fingerprint density at radius 1 is 1.16 bits per heavy atom. The molecule has 4 aromatic rings. The summed E-state index contributed by atoms with van der Waals surface area (Å²) in [5.74, 6) is 2.23. The maximum absolute atomic E-state index is 5.52. The lowest BCUT2D eigenvalue weighted by Crippen LogP contribution is -2.18. The Balaban J connectivity index is 1.79. The Labute approximate surface area is 143 Å². The second-order valence-electron chi connectivity index (χ2n) is 5.46. The van der Waals surface area contributed by atoms with Gasteiger partial charge in [-0.25, -0.2) is 4.98 Å². The van der Waals surface area contributed by atoms with Crippen molar-refractivity contribution in [1.82, 2.24) is 34.8 Å². The number of nitrogens with one attached hydrogen (secondary N) is 1. The van der Waals surface area contributed by atoms with Crippen LogP contribution in [0.5, 0.6) is 5.75 Å². The monoisotopic (exact) mass is 336 g/mol. The Morgan fingerprint density at radius 2 is 2.04 bits per heavy atom. The van der Waals surface area contributed by atoms with E-state index in [1.54, 1.807) is 19.4 Å². The predicted octanol–water partition coefficient (Wildman–Crippen LogP) is 1.46. The molecule has 9 nitrogen and oxygen atoms in total. The Hall–Kier alpha value is -3.49. The fourth-order valence-corrected chi connectivity index (χ4v) is 2.72. The van der Waals surface area contributed by atoms with Gasteiger partial charge in [0.2, 0.25) is 0 Å². The van der Waals surface area contributed by atoms with Gasteiger partial charge >= 0.3 is 0 Å². The summed E-state index contributed by atoms with van der Waals surface area (Å²) in [6, 6.07) is 11.2. The van der Waals surface area contributed by atoms with Gasteiger partial charge < -0.3 is 14.6 Å². The van der Waals surface area contributed by atoms with Crippen molar-refractivity contribution < 1.29 is 4.74 Å². The van der Waals surface area contributed by atoms with E-state index in [1.807, 2.05) is 48.1 Å². The van der Waals surface area contributed by atoms with E-state index in [0.29, 0.717) is 11.5 Å². The van der Waals surface area contributed by atoms with Gasteiger partial charge in [-0.15, -0.1) is 14.8 Å². The van der Waals surface area contributed by atoms with E-state index in [4.69, 9.17) is 4.74 Å². The van der Waals surface area contributed by atoms with Crippen molar-refractivity contribution in [2.75, 3.05) is 12.4 Å². The average molecular weight is 336 g/mol. The fourth-order valence-electron chi connectivity index (χ4n) is 2.72. The number of benzene rings is 1. The van der Waals surface area contributed by atoms with Crippen LogP contribution in [0.4, 0.5) is 5.82 Å². The van der Waals surface area contributed by atoms with Crippen LogP contribution in [0, 0.1) is 0 Å². The SMILES string of the molecule is COc1ccccc1[C@H](Nc1ccc2nnnn2n1)c1nccn1C. The molecule has 0 aliphatic rings. The highest BCUT2D eigenvalue weighted by atomic mass is 16.5. The molecule has 25 heavy (non-hydrogen) atoms. The normalized spacial score (nSPS) is 12.2. The third-order valence-electron chi connectivity index (χ3n) is 3.93. The number of hydrogen-bond acceptors (Lipinski definition) is 7. The smallest absolute Gasteiger partial charge is 0.200 e. The molecule has 0 fully saturated rings. The number of ether oxygens (including phenoxy) is 1. The summed E-state index contributed by atoms with van der Waals surface area (Å²) < 4.78 is 8.86. The lowest BCUT2D eigenvalue weighted by molar-refractivity contribution is 0.408. The van der Waals surface area contributed by atoms with E-state index in [1.165, 1.54) is 4.63 Å². The molecule has 1 atom stereocenters. The van der Waals surface area contributed by atoms with Gasteiger partial charge in [-0.2, -0.15) is 0 Å². The molecule has 0 aliphatic carbocycles. The number of aromatic nitrogens is 7. The van der Waals surface area contributed by atoms with Gasteiger partial charge in [0.05, 0.1) is 7.11 Å². The van der Waals surface area contributed by atoms with Gasteiger partial charge in [-0.3, -0.25) is 0 Å². The summed E-state index contributed by atoms with van der Waals surface area (Å²) in [6.45, 7) is 0. The van der Waals surface area contributed by atoms with Crippen molar-refractivity contribution in [3.63, 3.8) is 0 Å². The second kappa shape index (κ2) is 6.19. The highest BCUT2D eigenvalue weighted by Gasteiger charge is 2.22. The highest BCUT2D eigenvalue weighted by molar-refractivity contribution is 5.48. The minimum atomic E-state index is -0.252. The molecule has 0 spiro atoms. The van der Waals surface area contributed by atoms with Gasteiger partial charge in [-0.05, 0) is 28.6 Å². The van der Waals surface area contributed by atoms with Crippen LogP contribution in [-0.2, 0) is 7.05 Å². The topological polar surface area (TPSA) is 95.1 Å². The average Bonchev–Trinajstić information content (AvgIpc) is 3.28. The summed E-state index contributed by atoms with van der Waals surface area (Å²) in [7, 11) is 3.60. The second-order valence-corrected chi connectivity index (χ2v) is 5.46. The van der Waals surface area contributed by atoms with E-state index in [-0.39, 0.29) is 6.04 Å². The first-order chi connectivity index (χ1) is 12.3. The summed E-state index contributed by atoms with van der Waals surface area (Å²) in [5.41, 5.74) is 1.54. The van der Waals surface area contributed by atoms with Gasteiger partial charge in [0.25, 0.3) is 0 Å². The van der Waals surface area contributed by atoms with Crippen LogP contribution < -0.4 is 10.1 Å². The third kappa shape index (κ3) is 2.75. The molecule has 3 aromatic heterocycles. The Kier molecular flexibility index (Phi) is 3.73. The van der Waals surface area contributed by atoms with Crippen molar-refractivity contribution >= 4 is 11.5 Å². The molecule has 126 valence electrons. The van der Waals surface area contributed by atoms with E-state index in [9.17, 15) is 0 Å². The molecule has 0 radical (unpaired) electrons. The van der Waals surface area contributed by atoms with Crippen molar-refractivity contribution in [2.24, 2.45) is 7.05 Å². The largest absolute Gasteiger partial charge is 0.496 e. The van der Waals surface area contributed by atoms with Gasteiger partial charge in [0.15, 0.2) is 5.65 Å². The summed E-state index contributed by atoms with van der Waals surface area (Å²) in [5, 5.41) is 19.1. The van der Waals surface area contributed by atoms with Crippen LogP contribution in [0.2, 0.25) is 0 Å². The number of fused-ring (bicyclic) bond motifs is 1. The lowest BCUT2D eigenvalue weighted by Gasteiger charge is -2.21. The van der Waals surface area contributed by atoms with Gasteiger partial charge in [-0.1, -0.05) is 18.2 Å². The molecule has 3 heterocycles. The summed E-state index contributed by atoms with van der Waals surface area (Å²) >= 11 is 0. The summed E-state index contributed by atoms with van der Waals surface area (Å²) in [4.78, 5) is 4.49. The lowest BCUT2D eigenvalue weighted by atomic mass is 10.0. The number of methoxy groups -OCH3 is 1. The van der Waals surface area contributed by atoms with E-state index >= 15 is 0 Å². The minimum absolute atomic E-state index is 0.252. The molecule has 9 heteroatoms.